The Morgan fingerprint density at radius 2 is 1.88 bits per heavy atom. The molecular weight excluding hydrogens is 348 g/mol. The average molecular weight is 369 g/mol. The van der Waals surface area contributed by atoms with Gasteiger partial charge in [-0.05, 0) is 44.5 Å². The molecule has 0 aliphatic heterocycles. The van der Waals surface area contributed by atoms with Gasteiger partial charge in [0.1, 0.15) is 5.69 Å². The van der Waals surface area contributed by atoms with Crippen LogP contribution >= 0.6 is 11.6 Å². The Morgan fingerprint density at radius 1 is 1.15 bits per heavy atom. The summed E-state index contributed by atoms with van der Waals surface area (Å²) in [5.41, 5.74) is 3.15. The Morgan fingerprint density at radius 3 is 2.50 bits per heavy atom. The topological polar surface area (TPSA) is 51.0 Å². The van der Waals surface area contributed by atoms with E-state index in [0.29, 0.717) is 23.9 Å². The molecular formula is C20H21ClN4O. The first-order valence-electron chi connectivity index (χ1n) is 8.53. The van der Waals surface area contributed by atoms with Gasteiger partial charge in [0, 0.05) is 18.8 Å². The largest absolute Gasteiger partial charge is 0.333 e. The van der Waals surface area contributed by atoms with Crippen molar-refractivity contribution in [3.05, 3.63) is 76.2 Å². The van der Waals surface area contributed by atoms with Crippen LogP contribution in [0, 0.1) is 13.8 Å². The van der Waals surface area contributed by atoms with Crippen LogP contribution in [-0.2, 0) is 6.54 Å². The molecule has 0 unspecified atom stereocenters. The maximum atomic E-state index is 13.0. The van der Waals surface area contributed by atoms with Gasteiger partial charge in [-0.3, -0.25) is 4.79 Å². The summed E-state index contributed by atoms with van der Waals surface area (Å²) >= 11 is 6.29. The van der Waals surface area contributed by atoms with Crippen molar-refractivity contribution in [1.29, 1.82) is 0 Å². The number of halogens is 1. The van der Waals surface area contributed by atoms with Gasteiger partial charge in [0.2, 0.25) is 0 Å². The molecule has 0 radical (unpaired) electrons. The van der Waals surface area contributed by atoms with Gasteiger partial charge in [-0.2, -0.15) is 5.10 Å². The highest BCUT2D eigenvalue weighted by Gasteiger charge is 2.20. The third kappa shape index (κ3) is 3.78. The molecule has 0 saturated heterocycles. The summed E-state index contributed by atoms with van der Waals surface area (Å²) in [6.07, 6.45) is 0. The lowest BCUT2D eigenvalue weighted by molar-refractivity contribution is 0.0747. The van der Waals surface area contributed by atoms with Gasteiger partial charge in [-0.25, -0.2) is 9.67 Å². The molecule has 1 aromatic carbocycles. The van der Waals surface area contributed by atoms with Gasteiger partial charge in [-0.1, -0.05) is 41.9 Å². The van der Waals surface area contributed by atoms with Crippen LogP contribution in [0.3, 0.4) is 0 Å². The molecule has 0 aliphatic carbocycles. The summed E-state index contributed by atoms with van der Waals surface area (Å²) in [7, 11) is 0. The van der Waals surface area contributed by atoms with Crippen molar-refractivity contribution in [2.45, 2.75) is 27.3 Å². The molecule has 3 rings (SSSR count). The Balaban J connectivity index is 1.93. The molecule has 0 aliphatic rings. The van der Waals surface area contributed by atoms with Crippen molar-refractivity contribution >= 4 is 17.5 Å². The Bertz CT molecular complexity index is 921. The molecule has 0 saturated carbocycles. The van der Waals surface area contributed by atoms with Gasteiger partial charge < -0.3 is 4.90 Å². The van der Waals surface area contributed by atoms with Crippen molar-refractivity contribution in [3.8, 4) is 5.82 Å². The van der Waals surface area contributed by atoms with Gasteiger partial charge in [0.15, 0.2) is 5.82 Å². The normalized spacial score (nSPS) is 10.8. The molecule has 0 spiro atoms. The van der Waals surface area contributed by atoms with Crippen LogP contribution in [0.5, 0.6) is 0 Å². The van der Waals surface area contributed by atoms with Crippen LogP contribution in [0.15, 0.2) is 48.5 Å². The number of pyridine rings is 1. The van der Waals surface area contributed by atoms with E-state index in [2.05, 4.69) is 10.1 Å². The zero-order chi connectivity index (χ0) is 18.7. The standard InChI is InChI=1S/C20H21ClN4O/c1-4-24(13-16-8-6-5-7-9-16)20(26)19-17(21)10-11-18(22-19)25-15(3)12-14(2)23-25/h5-12H,4,13H2,1-3H3. The monoisotopic (exact) mass is 368 g/mol. The third-order valence-corrected chi connectivity index (χ3v) is 4.45. The Hall–Kier alpha value is -2.66. The van der Waals surface area contributed by atoms with E-state index in [1.807, 2.05) is 57.2 Å². The van der Waals surface area contributed by atoms with E-state index >= 15 is 0 Å². The third-order valence-electron chi connectivity index (χ3n) is 4.15. The number of carbonyl (C=O) groups is 1. The van der Waals surface area contributed by atoms with Crippen molar-refractivity contribution in [2.24, 2.45) is 0 Å². The molecule has 26 heavy (non-hydrogen) atoms. The maximum Gasteiger partial charge on any atom is 0.274 e. The second-order valence-corrected chi connectivity index (χ2v) is 6.55. The van der Waals surface area contributed by atoms with Crippen LogP contribution in [0.1, 0.15) is 34.4 Å². The lowest BCUT2D eigenvalue weighted by Crippen LogP contribution is -2.31. The summed E-state index contributed by atoms with van der Waals surface area (Å²) in [6, 6.07) is 15.3. The molecule has 2 aromatic heterocycles. The minimum atomic E-state index is -0.190. The molecule has 0 fully saturated rings. The fraction of sp³-hybridized carbons (Fsp3) is 0.250. The van der Waals surface area contributed by atoms with Gasteiger partial charge in [0.05, 0.1) is 10.7 Å². The zero-order valence-corrected chi connectivity index (χ0v) is 15.9. The average Bonchev–Trinajstić information content (AvgIpc) is 2.98. The zero-order valence-electron chi connectivity index (χ0n) is 15.1. The summed E-state index contributed by atoms with van der Waals surface area (Å²) in [5.74, 6) is 0.392. The fourth-order valence-corrected chi connectivity index (χ4v) is 3.03. The van der Waals surface area contributed by atoms with Crippen LogP contribution in [0.2, 0.25) is 5.02 Å². The number of rotatable bonds is 5. The molecule has 0 bridgehead atoms. The predicted molar refractivity (Wildman–Crippen MR) is 103 cm³/mol. The summed E-state index contributed by atoms with van der Waals surface area (Å²) < 4.78 is 1.72. The van der Waals surface area contributed by atoms with E-state index in [4.69, 9.17) is 11.6 Å². The quantitative estimate of drug-likeness (QED) is 0.678. The summed E-state index contributed by atoms with van der Waals surface area (Å²) in [4.78, 5) is 19.3. The fourth-order valence-electron chi connectivity index (χ4n) is 2.84. The molecule has 6 heteroatoms. The number of carbonyl (C=O) groups excluding carboxylic acids is 1. The lowest BCUT2D eigenvalue weighted by atomic mass is 10.2. The molecule has 3 aromatic rings. The van der Waals surface area contributed by atoms with E-state index in [0.717, 1.165) is 17.0 Å². The first-order chi connectivity index (χ1) is 12.5. The number of nitrogens with zero attached hydrogens (tertiary/aromatic N) is 4. The SMILES string of the molecule is CCN(Cc1ccccc1)C(=O)c1nc(-n2nc(C)cc2C)ccc1Cl. The number of hydrogen-bond acceptors (Lipinski definition) is 3. The molecule has 134 valence electrons. The number of hydrogen-bond donors (Lipinski definition) is 0. The van der Waals surface area contributed by atoms with Gasteiger partial charge in [0.25, 0.3) is 5.91 Å². The Kier molecular flexibility index (Phi) is 5.38. The van der Waals surface area contributed by atoms with Crippen molar-refractivity contribution in [3.63, 3.8) is 0 Å². The minimum Gasteiger partial charge on any atom is -0.333 e. The highest BCUT2D eigenvalue weighted by Crippen LogP contribution is 2.20. The first-order valence-corrected chi connectivity index (χ1v) is 8.90. The van der Waals surface area contributed by atoms with E-state index in [1.165, 1.54) is 0 Å². The van der Waals surface area contributed by atoms with Crippen molar-refractivity contribution in [2.75, 3.05) is 6.54 Å². The molecule has 0 atom stereocenters. The minimum absolute atomic E-state index is 0.190. The number of amides is 1. The molecule has 5 nitrogen and oxygen atoms in total. The van der Waals surface area contributed by atoms with E-state index in [9.17, 15) is 4.79 Å². The second kappa shape index (κ2) is 7.70. The van der Waals surface area contributed by atoms with Crippen molar-refractivity contribution < 1.29 is 4.79 Å². The summed E-state index contributed by atoms with van der Waals surface area (Å²) in [5, 5.41) is 4.77. The lowest BCUT2D eigenvalue weighted by Gasteiger charge is -2.21. The summed E-state index contributed by atoms with van der Waals surface area (Å²) in [6.45, 7) is 6.89. The van der Waals surface area contributed by atoms with Crippen LogP contribution in [0.4, 0.5) is 0 Å². The van der Waals surface area contributed by atoms with Crippen LogP contribution in [-0.4, -0.2) is 32.1 Å². The molecule has 0 N–H and O–H groups in total. The first kappa shape index (κ1) is 18.1. The molecule has 1 amide bonds. The van der Waals surface area contributed by atoms with E-state index < -0.39 is 0 Å². The maximum absolute atomic E-state index is 13.0. The predicted octanol–water partition coefficient (Wildman–Crippen LogP) is 4.20. The van der Waals surface area contributed by atoms with Gasteiger partial charge >= 0.3 is 0 Å². The van der Waals surface area contributed by atoms with Crippen LogP contribution in [0.25, 0.3) is 5.82 Å². The second-order valence-electron chi connectivity index (χ2n) is 6.14. The van der Waals surface area contributed by atoms with Crippen LogP contribution < -0.4 is 0 Å². The molecule has 2 heterocycles. The van der Waals surface area contributed by atoms with E-state index in [1.54, 1.807) is 21.7 Å². The number of aromatic nitrogens is 3. The van der Waals surface area contributed by atoms with Crippen molar-refractivity contribution in [1.82, 2.24) is 19.7 Å². The highest BCUT2D eigenvalue weighted by atomic mass is 35.5. The number of aryl methyl sites for hydroxylation is 2. The number of benzene rings is 1. The smallest absolute Gasteiger partial charge is 0.274 e. The van der Waals surface area contributed by atoms with E-state index in [-0.39, 0.29) is 11.6 Å². The Labute approximate surface area is 158 Å². The highest BCUT2D eigenvalue weighted by molar-refractivity contribution is 6.33. The van der Waals surface area contributed by atoms with Gasteiger partial charge in [-0.15, -0.1) is 0 Å².